The van der Waals surface area contributed by atoms with Crippen LogP contribution in [-0.2, 0) is 6.54 Å². The number of benzene rings is 3. The molecule has 3 aromatic carbocycles. The highest BCUT2D eigenvalue weighted by Gasteiger charge is 2.28. The van der Waals surface area contributed by atoms with Crippen molar-refractivity contribution in [2.24, 2.45) is 0 Å². The Hall–Kier alpha value is -2.91. The van der Waals surface area contributed by atoms with E-state index in [1.54, 1.807) is 0 Å². The normalized spacial score (nSPS) is 13.2. The minimum Gasteiger partial charge on any atom is -0.334 e. The molecule has 3 nitrogen and oxygen atoms in total. The maximum Gasteiger partial charge on any atom is 0.254 e. The molecule has 168 valence electrons. The summed E-state index contributed by atoms with van der Waals surface area (Å²) in [7, 11) is 0. The van der Waals surface area contributed by atoms with Crippen molar-refractivity contribution in [2.75, 3.05) is 0 Å². The van der Waals surface area contributed by atoms with Gasteiger partial charge in [-0.2, -0.15) is 0 Å². The van der Waals surface area contributed by atoms with Crippen LogP contribution >= 0.6 is 0 Å². The van der Waals surface area contributed by atoms with Crippen molar-refractivity contribution in [3.8, 4) is 0 Å². The topological polar surface area (TPSA) is 32.3 Å². The van der Waals surface area contributed by atoms with Gasteiger partial charge in [-0.25, -0.2) is 0 Å². The van der Waals surface area contributed by atoms with Crippen molar-refractivity contribution in [3.63, 3.8) is 0 Å². The van der Waals surface area contributed by atoms with Gasteiger partial charge in [-0.15, -0.1) is 0 Å². The van der Waals surface area contributed by atoms with E-state index in [1.165, 1.54) is 11.1 Å². The van der Waals surface area contributed by atoms with Gasteiger partial charge in [0.05, 0.1) is 0 Å². The van der Waals surface area contributed by atoms with E-state index in [-0.39, 0.29) is 30.0 Å². The standard InChI is InChI=1S/C29H36N2O/c1-21(2)31(22(3)4)29(32)27-19-13-12-18-26(27)23(5)28(25-16-10-7-11-17-25)30-20-24-14-8-6-9-15-24/h6-19,21-23,28,30H,20H2,1-5H3/t23-,28-/m0/s1. The fraction of sp³-hybridized carbons (Fsp3) is 0.345. The molecule has 0 aliphatic carbocycles. The summed E-state index contributed by atoms with van der Waals surface area (Å²) in [5, 5.41) is 3.77. The van der Waals surface area contributed by atoms with E-state index in [1.807, 2.05) is 35.2 Å². The average molecular weight is 429 g/mol. The third kappa shape index (κ3) is 5.66. The zero-order valence-corrected chi connectivity index (χ0v) is 20.0. The molecule has 1 amide bonds. The van der Waals surface area contributed by atoms with Crippen molar-refractivity contribution in [2.45, 2.75) is 65.2 Å². The van der Waals surface area contributed by atoms with Crippen LogP contribution in [0.4, 0.5) is 0 Å². The van der Waals surface area contributed by atoms with Crippen LogP contribution in [0.1, 0.15) is 73.6 Å². The maximum absolute atomic E-state index is 13.6. The predicted molar refractivity (Wildman–Crippen MR) is 134 cm³/mol. The Bertz CT molecular complexity index is 974. The summed E-state index contributed by atoms with van der Waals surface area (Å²) in [5.74, 6) is 0.217. The maximum atomic E-state index is 13.6. The first-order chi connectivity index (χ1) is 15.4. The fourth-order valence-corrected chi connectivity index (χ4v) is 4.54. The van der Waals surface area contributed by atoms with E-state index >= 15 is 0 Å². The third-order valence-corrected chi connectivity index (χ3v) is 6.06. The third-order valence-electron chi connectivity index (χ3n) is 6.06. The van der Waals surface area contributed by atoms with Crippen molar-refractivity contribution in [1.29, 1.82) is 0 Å². The summed E-state index contributed by atoms with van der Waals surface area (Å²) in [6.07, 6.45) is 0. The van der Waals surface area contributed by atoms with Crippen molar-refractivity contribution in [3.05, 3.63) is 107 Å². The van der Waals surface area contributed by atoms with Gasteiger partial charge < -0.3 is 10.2 Å². The molecular weight excluding hydrogens is 392 g/mol. The second kappa shape index (κ2) is 11.1. The van der Waals surface area contributed by atoms with Gasteiger partial charge in [0, 0.05) is 36.2 Å². The SMILES string of the molecule is CC(C)N(C(=O)c1ccccc1[C@H](C)[C@H](NCc1ccccc1)c1ccccc1)C(C)C. The summed E-state index contributed by atoms with van der Waals surface area (Å²) in [6.45, 7) is 11.3. The van der Waals surface area contributed by atoms with Crippen LogP contribution in [0.5, 0.6) is 0 Å². The van der Waals surface area contributed by atoms with Crippen molar-refractivity contribution >= 4 is 5.91 Å². The zero-order chi connectivity index (χ0) is 23.1. The molecule has 0 unspecified atom stereocenters. The lowest BCUT2D eigenvalue weighted by Crippen LogP contribution is -2.42. The number of amides is 1. The first kappa shape index (κ1) is 23.7. The molecule has 0 radical (unpaired) electrons. The van der Waals surface area contributed by atoms with E-state index in [2.05, 4.69) is 94.5 Å². The molecule has 2 atom stereocenters. The minimum atomic E-state index is 0.0805. The molecule has 0 saturated carbocycles. The largest absolute Gasteiger partial charge is 0.334 e. The predicted octanol–water partition coefficient (Wildman–Crippen LogP) is 6.58. The van der Waals surface area contributed by atoms with E-state index < -0.39 is 0 Å². The first-order valence-corrected chi connectivity index (χ1v) is 11.6. The highest BCUT2D eigenvalue weighted by Crippen LogP contribution is 2.34. The Morgan fingerprint density at radius 2 is 1.28 bits per heavy atom. The highest BCUT2D eigenvalue weighted by molar-refractivity contribution is 5.96. The number of carbonyl (C=O) groups is 1. The van der Waals surface area contributed by atoms with Gasteiger partial charge in [-0.3, -0.25) is 4.79 Å². The summed E-state index contributed by atoms with van der Waals surface area (Å²) in [5.41, 5.74) is 4.35. The Kier molecular flexibility index (Phi) is 8.24. The van der Waals surface area contributed by atoms with Gasteiger partial charge in [0.2, 0.25) is 0 Å². The van der Waals surface area contributed by atoms with Crippen LogP contribution in [0.15, 0.2) is 84.9 Å². The quantitative estimate of drug-likeness (QED) is 0.417. The van der Waals surface area contributed by atoms with Crippen LogP contribution in [0, 0.1) is 0 Å². The number of hydrogen-bond donors (Lipinski definition) is 1. The highest BCUT2D eigenvalue weighted by atomic mass is 16.2. The molecular formula is C29H36N2O. The first-order valence-electron chi connectivity index (χ1n) is 11.6. The number of carbonyl (C=O) groups excluding carboxylic acids is 1. The van der Waals surface area contributed by atoms with E-state index in [9.17, 15) is 4.79 Å². The van der Waals surface area contributed by atoms with Crippen LogP contribution in [0.2, 0.25) is 0 Å². The molecule has 0 bridgehead atoms. The van der Waals surface area contributed by atoms with Crippen molar-refractivity contribution in [1.82, 2.24) is 10.2 Å². The minimum absolute atomic E-state index is 0.0805. The molecule has 0 fully saturated rings. The smallest absolute Gasteiger partial charge is 0.254 e. The van der Waals surface area contributed by atoms with Gasteiger partial charge in [0.25, 0.3) is 5.91 Å². The summed E-state index contributed by atoms with van der Waals surface area (Å²) in [4.78, 5) is 15.6. The summed E-state index contributed by atoms with van der Waals surface area (Å²) in [6, 6.07) is 29.5. The fourth-order valence-electron chi connectivity index (χ4n) is 4.54. The van der Waals surface area contributed by atoms with Gasteiger partial charge in [0.15, 0.2) is 0 Å². The van der Waals surface area contributed by atoms with Crippen LogP contribution in [0.25, 0.3) is 0 Å². The average Bonchev–Trinajstić information content (AvgIpc) is 2.80. The lowest BCUT2D eigenvalue weighted by atomic mass is 9.85. The molecule has 3 rings (SSSR count). The molecule has 0 saturated heterocycles. The van der Waals surface area contributed by atoms with Gasteiger partial charge in [-0.05, 0) is 50.5 Å². The molecule has 3 aromatic rings. The molecule has 0 aliphatic rings. The Labute approximate surface area is 193 Å². The Morgan fingerprint density at radius 3 is 1.88 bits per heavy atom. The van der Waals surface area contributed by atoms with Crippen LogP contribution in [0.3, 0.4) is 0 Å². The molecule has 0 spiro atoms. The lowest BCUT2D eigenvalue weighted by Gasteiger charge is -2.33. The van der Waals surface area contributed by atoms with Gasteiger partial charge in [0.1, 0.15) is 0 Å². The molecule has 0 aromatic heterocycles. The molecule has 0 aliphatic heterocycles. The zero-order valence-electron chi connectivity index (χ0n) is 20.0. The monoisotopic (exact) mass is 428 g/mol. The number of hydrogen-bond acceptors (Lipinski definition) is 2. The van der Waals surface area contributed by atoms with Gasteiger partial charge in [-0.1, -0.05) is 85.8 Å². The molecule has 1 N–H and O–H groups in total. The van der Waals surface area contributed by atoms with Crippen LogP contribution in [-0.4, -0.2) is 22.9 Å². The molecule has 32 heavy (non-hydrogen) atoms. The Morgan fingerprint density at radius 1 is 0.750 bits per heavy atom. The van der Waals surface area contributed by atoms with Gasteiger partial charge >= 0.3 is 0 Å². The molecule has 0 heterocycles. The second-order valence-corrected chi connectivity index (χ2v) is 9.03. The molecule has 3 heteroatoms. The number of nitrogens with zero attached hydrogens (tertiary/aromatic N) is 1. The summed E-state index contributed by atoms with van der Waals surface area (Å²) < 4.78 is 0. The van der Waals surface area contributed by atoms with Crippen molar-refractivity contribution < 1.29 is 4.79 Å². The van der Waals surface area contributed by atoms with E-state index in [0.717, 1.165) is 17.7 Å². The number of rotatable bonds is 9. The number of nitrogens with one attached hydrogen (secondary N) is 1. The summed E-state index contributed by atoms with van der Waals surface area (Å²) >= 11 is 0. The van der Waals surface area contributed by atoms with E-state index in [0.29, 0.717) is 0 Å². The lowest BCUT2D eigenvalue weighted by molar-refractivity contribution is 0.0642. The second-order valence-electron chi connectivity index (χ2n) is 9.03. The Balaban J connectivity index is 1.96. The van der Waals surface area contributed by atoms with Crippen LogP contribution < -0.4 is 5.32 Å². The van der Waals surface area contributed by atoms with E-state index in [4.69, 9.17) is 0 Å².